The fourth-order valence-electron chi connectivity index (χ4n) is 2.90. The zero-order valence-corrected chi connectivity index (χ0v) is 10.0. The van der Waals surface area contributed by atoms with Gasteiger partial charge >= 0.3 is 0 Å². The van der Waals surface area contributed by atoms with Crippen LogP contribution in [0.2, 0.25) is 0 Å². The summed E-state index contributed by atoms with van der Waals surface area (Å²) in [6.07, 6.45) is 3.47. The van der Waals surface area contributed by atoms with E-state index < -0.39 is 0 Å². The molecule has 0 bridgehead atoms. The largest absolute Gasteiger partial charge is 0.375 e. The zero-order valence-electron chi connectivity index (χ0n) is 10.0. The van der Waals surface area contributed by atoms with Crippen LogP contribution < -0.4 is 5.73 Å². The lowest BCUT2D eigenvalue weighted by Crippen LogP contribution is -2.48. The summed E-state index contributed by atoms with van der Waals surface area (Å²) in [6.45, 7) is 4.83. The highest BCUT2D eigenvalue weighted by atomic mass is 16.5. The first-order chi connectivity index (χ1) is 7.72. The molecule has 16 heavy (non-hydrogen) atoms. The van der Waals surface area contributed by atoms with Gasteiger partial charge in [-0.05, 0) is 32.2 Å². The first kappa shape index (κ1) is 11.9. The monoisotopic (exact) mass is 226 g/mol. The summed E-state index contributed by atoms with van der Waals surface area (Å²) in [6, 6.07) is 0. The molecule has 0 aromatic heterocycles. The Morgan fingerprint density at radius 1 is 1.50 bits per heavy atom. The number of amides is 1. The molecule has 0 radical (unpaired) electrons. The van der Waals surface area contributed by atoms with E-state index in [1.165, 1.54) is 0 Å². The van der Waals surface area contributed by atoms with Crippen LogP contribution >= 0.6 is 0 Å². The van der Waals surface area contributed by atoms with Crippen molar-refractivity contribution in [3.05, 3.63) is 0 Å². The number of morpholine rings is 1. The van der Waals surface area contributed by atoms with Crippen LogP contribution in [-0.2, 0) is 9.53 Å². The minimum absolute atomic E-state index is 0.176. The molecule has 1 aliphatic heterocycles. The van der Waals surface area contributed by atoms with E-state index in [4.69, 9.17) is 10.5 Å². The number of nitrogens with zero attached hydrogens (tertiary/aromatic N) is 1. The molecule has 4 nitrogen and oxygen atoms in total. The van der Waals surface area contributed by atoms with Crippen molar-refractivity contribution in [2.75, 3.05) is 26.2 Å². The maximum atomic E-state index is 12.3. The second kappa shape index (κ2) is 5.15. The molecule has 2 N–H and O–H groups in total. The molecular weight excluding hydrogens is 204 g/mol. The summed E-state index contributed by atoms with van der Waals surface area (Å²) in [4.78, 5) is 14.3. The van der Waals surface area contributed by atoms with E-state index in [0.29, 0.717) is 25.0 Å². The van der Waals surface area contributed by atoms with Crippen LogP contribution in [0.15, 0.2) is 0 Å². The maximum Gasteiger partial charge on any atom is 0.226 e. The lowest BCUT2D eigenvalue weighted by Gasteiger charge is -2.34. The highest BCUT2D eigenvalue weighted by molar-refractivity contribution is 5.79. The predicted molar refractivity (Wildman–Crippen MR) is 61.9 cm³/mol. The molecule has 1 saturated carbocycles. The summed E-state index contributed by atoms with van der Waals surface area (Å²) in [7, 11) is 0. The average molecular weight is 226 g/mol. The van der Waals surface area contributed by atoms with Gasteiger partial charge in [0.25, 0.3) is 0 Å². The van der Waals surface area contributed by atoms with Crippen molar-refractivity contribution in [3.63, 3.8) is 0 Å². The molecule has 1 aliphatic carbocycles. The molecule has 0 spiro atoms. The van der Waals surface area contributed by atoms with Crippen molar-refractivity contribution >= 4 is 5.91 Å². The van der Waals surface area contributed by atoms with Gasteiger partial charge in [0.15, 0.2) is 0 Å². The van der Waals surface area contributed by atoms with Crippen LogP contribution in [0.25, 0.3) is 0 Å². The molecule has 1 amide bonds. The molecular formula is C12H22N2O2. The normalized spacial score (nSPS) is 35.4. The summed E-state index contributed by atoms with van der Waals surface area (Å²) >= 11 is 0. The van der Waals surface area contributed by atoms with Crippen molar-refractivity contribution in [2.45, 2.75) is 32.3 Å². The summed E-state index contributed by atoms with van der Waals surface area (Å²) in [5, 5.41) is 0. The quantitative estimate of drug-likeness (QED) is 0.750. The van der Waals surface area contributed by atoms with E-state index in [1.807, 2.05) is 11.8 Å². The third-order valence-corrected chi connectivity index (χ3v) is 3.83. The molecule has 4 heteroatoms. The number of rotatable bonds is 2. The number of hydrogen-bond acceptors (Lipinski definition) is 3. The van der Waals surface area contributed by atoms with Gasteiger partial charge in [-0.3, -0.25) is 4.79 Å². The third-order valence-electron chi connectivity index (χ3n) is 3.83. The fourth-order valence-corrected chi connectivity index (χ4v) is 2.90. The summed E-state index contributed by atoms with van der Waals surface area (Å²) < 4.78 is 5.46. The standard InChI is InChI=1S/C12H22N2O2/c1-9-8-14(5-6-16-9)12(15)11-4-2-3-10(11)7-13/h9-11H,2-8,13H2,1H3/t9?,10-,11-/m1/s1. The van der Waals surface area contributed by atoms with Gasteiger partial charge in [-0.25, -0.2) is 0 Å². The number of hydrogen-bond donors (Lipinski definition) is 1. The predicted octanol–water partition coefficient (Wildman–Crippen LogP) is 0.609. The summed E-state index contributed by atoms with van der Waals surface area (Å²) in [5.41, 5.74) is 5.72. The summed E-state index contributed by atoms with van der Waals surface area (Å²) in [5.74, 6) is 0.893. The first-order valence-electron chi connectivity index (χ1n) is 6.33. The van der Waals surface area contributed by atoms with E-state index in [9.17, 15) is 4.79 Å². The number of carbonyl (C=O) groups excluding carboxylic acids is 1. The Bertz CT molecular complexity index is 257. The van der Waals surface area contributed by atoms with Gasteiger partial charge in [0.1, 0.15) is 0 Å². The van der Waals surface area contributed by atoms with E-state index in [0.717, 1.165) is 32.4 Å². The van der Waals surface area contributed by atoms with Crippen molar-refractivity contribution < 1.29 is 9.53 Å². The van der Waals surface area contributed by atoms with Gasteiger partial charge in [0, 0.05) is 19.0 Å². The molecule has 2 fully saturated rings. The Balaban J connectivity index is 1.95. The molecule has 3 atom stereocenters. The van der Waals surface area contributed by atoms with Crippen LogP contribution in [0, 0.1) is 11.8 Å². The van der Waals surface area contributed by atoms with Crippen LogP contribution in [0.1, 0.15) is 26.2 Å². The molecule has 2 aliphatic rings. The number of nitrogens with two attached hydrogens (primary N) is 1. The first-order valence-corrected chi connectivity index (χ1v) is 6.33. The molecule has 1 unspecified atom stereocenters. The Hall–Kier alpha value is -0.610. The lowest BCUT2D eigenvalue weighted by molar-refractivity contribution is -0.143. The second-order valence-corrected chi connectivity index (χ2v) is 5.00. The van der Waals surface area contributed by atoms with E-state index in [1.54, 1.807) is 0 Å². The molecule has 1 heterocycles. The molecule has 0 aromatic rings. The molecule has 0 aromatic carbocycles. The van der Waals surface area contributed by atoms with Gasteiger partial charge in [0.2, 0.25) is 5.91 Å². The highest BCUT2D eigenvalue weighted by Gasteiger charge is 2.35. The zero-order chi connectivity index (χ0) is 11.5. The van der Waals surface area contributed by atoms with E-state index in [-0.39, 0.29) is 12.0 Å². The van der Waals surface area contributed by atoms with Crippen LogP contribution in [-0.4, -0.2) is 43.2 Å². The fraction of sp³-hybridized carbons (Fsp3) is 0.917. The highest BCUT2D eigenvalue weighted by Crippen LogP contribution is 2.32. The van der Waals surface area contributed by atoms with Crippen molar-refractivity contribution in [1.29, 1.82) is 0 Å². The van der Waals surface area contributed by atoms with Crippen molar-refractivity contribution in [1.82, 2.24) is 4.90 Å². The van der Waals surface area contributed by atoms with Crippen LogP contribution in [0.5, 0.6) is 0 Å². The number of ether oxygens (including phenoxy) is 1. The average Bonchev–Trinajstić information content (AvgIpc) is 2.76. The molecule has 92 valence electrons. The Morgan fingerprint density at radius 2 is 2.31 bits per heavy atom. The SMILES string of the molecule is CC1CN(C(=O)[C@@H]2CCC[C@@H]2CN)CCO1. The maximum absolute atomic E-state index is 12.3. The van der Waals surface area contributed by atoms with Crippen molar-refractivity contribution in [2.24, 2.45) is 17.6 Å². The second-order valence-electron chi connectivity index (χ2n) is 5.00. The molecule has 2 rings (SSSR count). The van der Waals surface area contributed by atoms with Gasteiger partial charge < -0.3 is 15.4 Å². The Labute approximate surface area is 97.1 Å². The van der Waals surface area contributed by atoms with Crippen LogP contribution in [0.3, 0.4) is 0 Å². The minimum atomic E-state index is 0.176. The lowest BCUT2D eigenvalue weighted by atomic mass is 9.94. The smallest absolute Gasteiger partial charge is 0.226 e. The Kier molecular flexibility index (Phi) is 3.82. The third kappa shape index (κ3) is 2.38. The number of carbonyl (C=O) groups is 1. The minimum Gasteiger partial charge on any atom is -0.375 e. The van der Waals surface area contributed by atoms with Gasteiger partial charge in [-0.15, -0.1) is 0 Å². The van der Waals surface area contributed by atoms with E-state index in [2.05, 4.69) is 0 Å². The van der Waals surface area contributed by atoms with Gasteiger partial charge in [-0.2, -0.15) is 0 Å². The van der Waals surface area contributed by atoms with Gasteiger partial charge in [0.05, 0.1) is 12.7 Å². The topological polar surface area (TPSA) is 55.6 Å². The van der Waals surface area contributed by atoms with Crippen LogP contribution in [0.4, 0.5) is 0 Å². The van der Waals surface area contributed by atoms with E-state index >= 15 is 0 Å². The molecule has 1 saturated heterocycles. The van der Waals surface area contributed by atoms with Gasteiger partial charge in [-0.1, -0.05) is 6.42 Å². The van der Waals surface area contributed by atoms with Crippen molar-refractivity contribution in [3.8, 4) is 0 Å². The Morgan fingerprint density at radius 3 is 3.00 bits per heavy atom.